The molecule has 1 heterocycles. The van der Waals surface area contributed by atoms with Gasteiger partial charge in [-0.05, 0) is 38.1 Å². The SMILES string of the molecule is CS(=O)(=O)c1ccc(C(=O)CCN2CCCCC2)cc1.Cl. The topological polar surface area (TPSA) is 54.5 Å². The standard InChI is InChI=1S/C15H21NO3S.ClH/c1-20(18,19)14-7-5-13(6-8-14)15(17)9-12-16-10-3-2-4-11-16;/h5-8H,2-4,9-12H2,1H3;1H. The maximum Gasteiger partial charge on any atom is 0.175 e. The van der Waals surface area contributed by atoms with Crippen LogP contribution in [0.3, 0.4) is 0 Å². The lowest BCUT2D eigenvalue weighted by atomic mass is 10.1. The molecule has 1 fully saturated rings. The van der Waals surface area contributed by atoms with Crippen molar-refractivity contribution >= 4 is 28.0 Å². The van der Waals surface area contributed by atoms with Crippen LogP contribution < -0.4 is 0 Å². The van der Waals surface area contributed by atoms with Crippen LogP contribution in [0.15, 0.2) is 29.2 Å². The molecular weight excluding hydrogens is 310 g/mol. The Labute approximate surface area is 132 Å². The van der Waals surface area contributed by atoms with Crippen molar-refractivity contribution < 1.29 is 13.2 Å². The number of hydrogen-bond donors (Lipinski definition) is 0. The molecule has 0 saturated carbocycles. The molecule has 6 heteroatoms. The zero-order chi connectivity index (χ0) is 14.6. The second-order valence-corrected chi connectivity index (χ2v) is 7.39. The van der Waals surface area contributed by atoms with E-state index in [9.17, 15) is 13.2 Å². The Bertz CT molecular complexity index is 563. The van der Waals surface area contributed by atoms with Gasteiger partial charge in [-0.2, -0.15) is 0 Å². The van der Waals surface area contributed by atoms with Crippen LogP contribution in [-0.2, 0) is 9.84 Å². The maximum atomic E-state index is 12.1. The lowest BCUT2D eigenvalue weighted by molar-refractivity contribution is 0.0958. The number of hydrogen-bond acceptors (Lipinski definition) is 4. The first-order valence-electron chi connectivity index (χ1n) is 7.02. The van der Waals surface area contributed by atoms with Crippen molar-refractivity contribution in [3.8, 4) is 0 Å². The molecular formula is C15H22ClNO3S. The van der Waals surface area contributed by atoms with Crippen LogP contribution in [0.1, 0.15) is 36.0 Å². The van der Waals surface area contributed by atoms with Crippen molar-refractivity contribution in [2.24, 2.45) is 0 Å². The van der Waals surface area contributed by atoms with E-state index in [1.54, 1.807) is 12.1 Å². The van der Waals surface area contributed by atoms with Crippen molar-refractivity contribution in [3.05, 3.63) is 29.8 Å². The van der Waals surface area contributed by atoms with E-state index in [-0.39, 0.29) is 23.1 Å². The molecule has 0 N–H and O–H groups in total. The molecule has 2 rings (SSSR count). The van der Waals surface area contributed by atoms with Crippen LogP contribution in [0.25, 0.3) is 0 Å². The average molecular weight is 332 g/mol. The highest BCUT2D eigenvalue weighted by Gasteiger charge is 2.13. The second-order valence-electron chi connectivity index (χ2n) is 5.37. The number of piperidine rings is 1. The smallest absolute Gasteiger partial charge is 0.175 e. The van der Waals surface area contributed by atoms with E-state index in [2.05, 4.69) is 4.90 Å². The Morgan fingerprint density at radius 1 is 1.10 bits per heavy atom. The number of rotatable bonds is 5. The summed E-state index contributed by atoms with van der Waals surface area (Å²) in [4.78, 5) is 14.7. The van der Waals surface area contributed by atoms with Crippen molar-refractivity contribution in [2.45, 2.75) is 30.6 Å². The normalized spacial score (nSPS) is 16.2. The van der Waals surface area contributed by atoms with Crippen LogP contribution in [0.5, 0.6) is 0 Å². The number of Topliss-reactive ketones (excluding diaryl/α,β-unsaturated/α-hetero) is 1. The van der Waals surface area contributed by atoms with Gasteiger partial charge in [0.1, 0.15) is 0 Å². The molecule has 0 bridgehead atoms. The van der Waals surface area contributed by atoms with E-state index in [1.165, 1.54) is 37.7 Å². The van der Waals surface area contributed by atoms with Gasteiger partial charge < -0.3 is 4.90 Å². The van der Waals surface area contributed by atoms with E-state index < -0.39 is 9.84 Å². The first-order valence-corrected chi connectivity index (χ1v) is 8.91. The fourth-order valence-electron chi connectivity index (χ4n) is 2.48. The number of benzene rings is 1. The third-order valence-electron chi connectivity index (χ3n) is 3.71. The monoisotopic (exact) mass is 331 g/mol. The van der Waals surface area contributed by atoms with Gasteiger partial charge in [0.15, 0.2) is 15.6 Å². The summed E-state index contributed by atoms with van der Waals surface area (Å²) in [7, 11) is -3.19. The summed E-state index contributed by atoms with van der Waals surface area (Å²) in [5.74, 6) is 0.0793. The van der Waals surface area contributed by atoms with Crippen molar-refractivity contribution in [1.82, 2.24) is 4.90 Å². The molecule has 1 aromatic carbocycles. The lowest BCUT2D eigenvalue weighted by Crippen LogP contribution is -2.31. The summed E-state index contributed by atoms with van der Waals surface area (Å²) >= 11 is 0. The minimum Gasteiger partial charge on any atom is -0.303 e. The second kappa shape index (κ2) is 7.92. The number of sulfone groups is 1. The Morgan fingerprint density at radius 2 is 1.67 bits per heavy atom. The van der Waals surface area contributed by atoms with Gasteiger partial charge in [0.05, 0.1) is 4.90 Å². The largest absolute Gasteiger partial charge is 0.303 e. The third-order valence-corrected chi connectivity index (χ3v) is 4.84. The quantitative estimate of drug-likeness (QED) is 0.778. The van der Waals surface area contributed by atoms with Gasteiger partial charge in [-0.1, -0.05) is 18.6 Å². The maximum absolute atomic E-state index is 12.1. The van der Waals surface area contributed by atoms with Gasteiger partial charge in [-0.25, -0.2) is 8.42 Å². The van der Waals surface area contributed by atoms with Crippen LogP contribution >= 0.6 is 12.4 Å². The number of ketones is 1. The van der Waals surface area contributed by atoms with E-state index in [1.807, 2.05) is 0 Å². The minimum atomic E-state index is -3.19. The highest BCUT2D eigenvalue weighted by Crippen LogP contribution is 2.13. The van der Waals surface area contributed by atoms with Crippen LogP contribution in [0.4, 0.5) is 0 Å². The van der Waals surface area contributed by atoms with E-state index in [0.717, 1.165) is 19.6 Å². The predicted molar refractivity (Wildman–Crippen MR) is 86.0 cm³/mol. The molecule has 0 unspecified atom stereocenters. The summed E-state index contributed by atoms with van der Waals surface area (Å²) in [6, 6.07) is 6.22. The Morgan fingerprint density at radius 3 is 2.19 bits per heavy atom. The molecule has 0 spiro atoms. The van der Waals surface area contributed by atoms with Crippen LogP contribution in [0, 0.1) is 0 Å². The summed E-state index contributed by atoms with van der Waals surface area (Å²) in [6.45, 7) is 2.97. The number of likely N-dealkylation sites (tertiary alicyclic amines) is 1. The van der Waals surface area contributed by atoms with Gasteiger partial charge in [0.2, 0.25) is 0 Å². The van der Waals surface area contributed by atoms with Gasteiger partial charge >= 0.3 is 0 Å². The summed E-state index contributed by atoms with van der Waals surface area (Å²) in [5.41, 5.74) is 0.592. The molecule has 21 heavy (non-hydrogen) atoms. The highest BCUT2D eigenvalue weighted by molar-refractivity contribution is 7.90. The van der Waals surface area contributed by atoms with Crippen LogP contribution in [0.2, 0.25) is 0 Å². The molecule has 4 nitrogen and oxygen atoms in total. The first-order chi connectivity index (χ1) is 9.47. The summed E-state index contributed by atoms with van der Waals surface area (Å²) in [6.07, 6.45) is 5.39. The Hall–Kier alpha value is -0.910. The van der Waals surface area contributed by atoms with Crippen molar-refractivity contribution in [1.29, 1.82) is 0 Å². The summed E-state index contributed by atoms with van der Waals surface area (Å²) in [5, 5.41) is 0. The van der Waals surface area contributed by atoms with Crippen molar-refractivity contribution in [3.63, 3.8) is 0 Å². The molecule has 0 amide bonds. The van der Waals surface area contributed by atoms with Gasteiger partial charge in [-0.3, -0.25) is 4.79 Å². The minimum absolute atomic E-state index is 0. The molecule has 0 atom stereocenters. The molecule has 1 saturated heterocycles. The van der Waals surface area contributed by atoms with Gasteiger partial charge in [0.25, 0.3) is 0 Å². The Balaban J connectivity index is 0.00000220. The number of carbonyl (C=O) groups is 1. The highest BCUT2D eigenvalue weighted by atomic mass is 35.5. The molecule has 118 valence electrons. The third kappa shape index (κ3) is 5.41. The molecule has 0 aliphatic carbocycles. The van der Waals surface area contributed by atoms with Gasteiger partial charge in [-0.15, -0.1) is 12.4 Å². The zero-order valence-electron chi connectivity index (χ0n) is 12.2. The number of carbonyl (C=O) groups excluding carboxylic acids is 1. The van der Waals surface area contributed by atoms with Crippen LogP contribution in [-0.4, -0.2) is 45.0 Å². The lowest BCUT2D eigenvalue weighted by Gasteiger charge is -2.25. The van der Waals surface area contributed by atoms with E-state index in [0.29, 0.717) is 12.0 Å². The van der Waals surface area contributed by atoms with Gasteiger partial charge in [0, 0.05) is 24.8 Å². The molecule has 1 aromatic rings. The van der Waals surface area contributed by atoms with E-state index >= 15 is 0 Å². The zero-order valence-corrected chi connectivity index (χ0v) is 13.9. The number of nitrogens with zero attached hydrogens (tertiary/aromatic N) is 1. The Kier molecular flexibility index (Phi) is 6.84. The number of halogens is 1. The first kappa shape index (κ1) is 18.1. The molecule has 1 aliphatic rings. The average Bonchev–Trinajstić information content (AvgIpc) is 2.45. The summed E-state index contributed by atoms with van der Waals surface area (Å²) < 4.78 is 22.7. The fourth-order valence-corrected chi connectivity index (χ4v) is 3.11. The molecule has 0 aromatic heterocycles. The van der Waals surface area contributed by atoms with E-state index in [4.69, 9.17) is 0 Å². The van der Waals surface area contributed by atoms with Crippen molar-refractivity contribution in [2.75, 3.05) is 25.9 Å². The molecule has 0 radical (unpaired) electrons. The molecule has 1 aliphatic heterocycles. The fraction of sp³-hybridized carbons (Fsp3) is 0.533. The predicted octanol–water partition coefficient (Wildman–Crippen LogP) is 2.57.